The Morgan fingerprint density at radius 2 is 1.92 bits per heavy atom. The fourth-order valence-corrected chi connectivity index (χ4v) is 2.82. The molecule has 1 aromatic carbocycles. The molecular formula is C19H32IN3O3. The van der Waals surface area contributed by atoms with E-state index in [0.29, 0.717) is 6.10 Å². The van der Waals surface area contributed by atoms with Gasteiger partial charge in [0, 0.05) is 40.0 Å². The molecule has 0 aromatic heterocycles. The molecule has 0 amide bonds. The Morgan fingerprint density at radius 3 is 2.65 bits per heavy atom. The molecule has 0 spiro atoms. The van der Waals surface area contributed by atoms with Crippen LogP contribution in [0.1, 0.15) is 24.8 Å². The number of nitrogens with zero attached hydrogens (tertiary/aromatic N) is 1. The molecule has 26 heavy (non-hydrogen) atoms. The van der Waals surface area contributed by atoms with Crippen LogP contribution in [0.15, 0.2) is 29.3 Å². The summed E-state index contributed by atoms with van der Waals surface area (Å²) in [6.45, 7) is 4.07. The SMILES string of the molecule is CN=C(NCCCOC1CCOCC1)NCCc1ccccc1OC.I. The lowest BCUT2D eigenvalue weighted by Crippen LogP contribution is -2.39. The van der Waals surface area contributed by atoms with Gasteiger partial charge in [-0.1, -0.05) is 18.2 Å². The monoisotopic (exact) mass is 477 g/mol. The van der Waals surface area contributed by atoms with E-state index >= 15 is 0 Å². The summed E-state index contributed by atoms with van der Waals surface area (Å²) >= 11 is 0. The van der Waals surface area contributed by atoms with Crippen molar-refractivity contribution in [2.24, 2.45) is 4.99 Å². The van der Waals surface area contributed by atoms with Crippen LogP contribution in [0.4, 0.5) is 0 Å². The molecule has 2 rings (SSSR count). The minimum atomic E-state index is 0. The number of aliphatic imine (C=N–C) groups is 1. The van der Waals surface area contributed by atoms with E-state index in [0.717, 1.165) is 70.3 Å². The lowest BCUT2D eigenvalue weighted by atomic mass is 10.1. The molecule has 0 atom stereocenters. The van der Waals surface area contributed by atoms with Crippen LogP contribution in [0.25, 0.3) is 0 Å². The third kappa shape index (κ3) is 8.55. The maximum absolute atomic E-state index is 5.87. The third-order valence-electron chi connectivity index (χ3n) is 4.24. The standard InChI is InChI=1S/C19H31N3O3.HI/c1-20-19(21-11-5-13-25-17-9-14-24-15-10-17)22-12-8-16-6-3-4-7-18(16)23-2;/h3-4,6-7,17H,5,8-15H2,1-2H3,(H2,20,21,22);1H. The highest BCUT2D eigenvalue weighted by atomic mass is 127. The largest absolute Gasteiger partial charge is 0.496 e. The Hall–Kier alpha value is -1.06. The summed E-state index contributed by atoms with van der Waals surface area (Å²) in [5, 5.41) is 6.66. The van der Waals surface area contributed by atoms with E-state index in [4.69, 9.17) is 14.2 Å². The quantitative estimate of drug-likeness (QED) is 0.248. The number of guanidine groups is 1. The molecule has 1 aromatic rings. The van der Waals surface area contributed by atoms with E-state index in [1.165, 1.54) is 5.56 Å². The van der Waals surface area contributed by atoms with Gasteiger partial charge in [0.15, 0.2) is 5.96 Å². The second-order valence-corrected chi connectivity index (χ2v) is 6.02. The van der Waals surface area contributed by atoms with E-state index in [9.17, 15) is 0 Å². The number of rotatable bonds is 9. The molecule has 1 aliphatic rings. The number of hydrogen-bond acceptors (Lipinski definition) is 4. The number of methoxy groups -OCH3 is 1. The first-order valence-electron chi connectivity index (χ1n) is 9.09. The van der Waals surface area contributed by atoms with Gasteiger partial charge in [0.05, 0.1) is 13.2 Å². The Labute approximate surface area is 174 Å². The van der Waals surface area contributed by atoms with Crippen molar-refractivity contribution in [1.29, 1.82) is 0 Å². The minimum Gasteiger partial charge on any atom is -0.496 e. The van der Waals surface area contributed by atoms with Gasteiger partial charge in [-0.15, -0.1) is 24.0 Å². The van der Waals surface area contributed by atoms with E-state index < -0.39 is 0 Å². The molecule has 1 heterocycles. The first-order chi connectivity index (χ1) is 12.3. The lowest BCUT2D eigenvalue weighted by molar-refractivity contribution is -0.0320. The van der Waals surface area contributed by atoms with Crippen LogP contribution < -0.4 is 15.4 Å². The molecule has 148 valence electrons. The summed E-state index contributed by atoms with van der Waals surface area (Å²) in [6.07, 6.45) is 4.24. The van der Waals surface area contributed by atoms with Crippen molar-refractivity contribution < 1.29 is 14.2 Å². The number of ether oxygens (including phenoxy) is 3. The molecule has 1 aliphatic heterocycles. The van der Waals surface area contributed by atoms with Crippen LogP contribution in [0, 0.1) is 0 Å². The van der Waals surface area contributed by atoms with Crippen LogP contribution in [0.5, 0.6) is 5.75 Å². The van der Waals surface area contributed by atoms with Crippen molar-refractivity contribution in [3.63, 3.8) is 0 Å². The Kier molecular flexibility index (Phi) is 12.4. The third-order valence-corrected chi connectivity index (χ3v) is 4.24. The zero-order chi connectivity index (χ0) is 17.7. The number of para-hydroxylation sites is 1. The highest BCUT2D eigenvalue weighted by molar-refractivity contribution is 14.0. The van der Waals surface area contributed by atoms with Crippen molar-refractivity contribution in [2.75, 3.05) is 47.1 Å². The molecular weight excluding hydrogens is 445 g/mol. The zero-order valence-corrected chi connectivity index (χ0v) is 18.2. The summed E-state index contributed by atoms with van der Waals surface area (Å²) in [5.74, 6) is 1.75. The molecule has 1 saturated heterocycles. The van der Waals surface area contributed by atoms with Gasteiger partial charge in [0.1, 0.15) is 5.75 Å². The molecule has 0 bridgehead atoms. The van der Waals surface area contributed by atoms with Crippen LogP contribution in [-0.4, -0.2) is 59.1 Å². The fraction of sp³-hybridized carbons (Fsp3) is 0.632. The highest BCUT2D eigenvalue weighted by Gasteiger charge is 2.13. The Morgan fingerprint density at radius 1 is 1.19 bits per heavy atom. The van der Waals surface area contributed by atoms with Crippen molar-refractivity contribution in [3.8, 4) is 5.75 Å². The molecule has 0 aliphatic carbocycles. The van der Waals surface area contributed by atoms with Crippen molar-refractivity contribution in [3.05, 3.63) is 29.8 Å². The van der Waals surface area contributed by atoms with Gasteiger partial charge >= 0.3 is 0 Å². The smallest absolute Gasteiger partial charge is 0.190 e. The summed E-state index contributed by atoms with van der Waals surface area (Å²) < 4.78 is 16.6. The van der Waals surface area contributed by atoms with E-state index in [-0.39, 0.29) is 24.0 Å². The maximum atomic E-state index is 5.87. The predicted molar refractivity (Wildman–Crippen MR) is 116 cm³/mol. The summed E-state index contributed by atoms with van der Waals surface area (Å²) in [6, 6.07) is 8.09. The molecule has 0 radical (unpaired) electrons. The first kappa shape index (κ1) is 23.0. The Balaban J connectivity index is 0.00000338. The van der Waals surface area contributed by atoms with Crippen LogP contribution >= 0.6 is 24.0 Å². The van der Waals surface area contributed by atoms with Crippen molar-refractivity contribution >= 4 is 29.9 Å². The normalized spacial score (nSPS) is 15.2. The van der Waals surface area contributed by atoms with Gasteiger partial charge in [-0.25, -0.2) is 0 Å². The molecule has 0 saturated carbocycles. The fourth-order valence-electron chi connectivity index (χ4n) is 2.82. The summed E-state index contributed by atoms with van der Waals surface area (Å²) in [5.41, 5.74) is 1.19. The van der Waals surface area contributed by atoms with Crippen molar-refractivity contribution in [2.45, 2.75) is 31.8 Å². The van der Waals surface area contributed by atoms with Gasteiger partial charge in [-0.3, -0.25) is 4.99 Å². The number of benzene rings is 1. The second kappa shape index (κ2) is 14.1. The molecule has 1 fully saturated rings. The maximum Gasteiger partial charge on any atom is 0.190 e. The highest BCUT2D eigenvalue weighted by Crippen LogP contribution is 2.17. The van der Waals surface area contributed by atoms with E-state index in [2.05, 4.69) is 21.7 Å². The molecule has 2 N–H and O–H groups in total. The number of halogens is 1. The zero-order valence-electron chi connectivity index (χ0n) is 15.8. The van der Waals surface area contributed by atoms with Gasteiger partial charge in [-0.2, -0.15) is 0 Å². The topological polar surface area (TPSA) is 64.1 Å². The van der Waals surface area contributed by atoms with Gasteiger partial charge in [0.2, 0.25) is 0 Å². The number of hydrogen-bond donors (Lipinski definition) is 2. The van der Waals surface area contributed by atoms with Gasteiger partial charge in [0.25, 0.3) is 0 Å². The minimum absolute atomic E-state index is 0. The molecule has 6 nitrogen and oxygen atoms in total. The average molecular weight is 477 g/mol. The van der Waals surface area contributed by atoms with Crippen LogP contribution in [0.3, 0.4) is 0 Å². The first-order valence-corrected chi connectivity index (χ1v) is 9.09. The summed E-state index contributed by atoms with van der Waals surface area (Å²) in [7, 11) is 3.49. The second-order valence-electron chi connectivity index (χ2n) is 6.02. The van der Waals surface area contributed by atoms with E-state index in [1.807, 2.05) is 18.2 Å². The predicted octanol–water partition coefficient (Wildman–Crippen LogP) is 2.61. The molecule has 0 unspecified atom stereocenters. The average Bonchev–Trinajstić information content (AvgIpc) is 2.67. The molecule has 7 heteroatoms. The van der Waals surface area contributed by atoms with Gasteiger partial charge < -0.3 is 24.8 Å². The van der Waals surface area contributed by atoms with E-state index in [1.54, 1.807) is 14.2 Å². The van der Waals surface area contributed by atoms with Crippen LogP contribution in [-0.2, 0) is 15.9 Å². The Bertz CT molecular complexity index is 523. The van der Waals surface area contributed by atoms with Crippen LogP contribution in [0.2, 0.25) is 0 Å². The lowest BCUT2D eigenvalue weighted by Gasteiger charge is -2.22. The summed E-state index contributed by atoms with van der Waals surface area (Å²) in [4.78, 5) is 4.26. The number of nitrogens with one attached hydrogen (secondary N) is 2. The van der Waals surface area contributed by atoms with Gasteiger partial charge in [-0.05, 0) is 37.3 Å². The van der Waals surface area contributed by atoms with Crippen molar-refractivity contribution in [1.82, 2.24) is 10.6 Å².